The van der Waals surface area contributed by atoms with Crippen LogP contribution in [0.1, 0.15) is 22.0 Å². The second kappa shape index (κ2) is 6.33. The summed E-state index contributed by atoms with van der Waals surface area (Å²) in [6, 6.07) is 9.03. The molecule has 4 heteroatoms. The van der Waals surface area contributed by atoms with E-state index >= 15 is 0 Å². The molecule has 0 spiro atoms. The molecule has 0 aliphatic carbocycles. The summed E-state index contributed by atoms with van der Waals surface area (Å²) < 4.78 is 2.34. The Labute approximate surface area is 129 Å². The van der Waals surface area contributed by atoms with E-state index in [-0.39, 0.29) is 0 Å². The van der Waals surface area contributed by atoms with E-state index in [4.69, 9.17) is 0 Å². The van der Waals surface area contributed by atoms with Gasteiger partial charge in [0.15, 0.2) is 0 Å². The lowest BCUT2D eigenvalue weighted by molar-refractivity contribution is 0.594. The van der Waals surface area contributed by atoms with Crippen LogP contribution < -0.4 is 5.32 Å². The molecule has 0 aliphatic rings. The third-order valence-electron chi connectivity index (χ3n) is 2.90. The molecule has 0 aliphatic heterocycles. The summed E-state index contributed by atoms with van der Waals surface area (Å²) >= 11 is 8.95. The van der Waals surface area contributed by atoms with Gasteiger partial charge in [0.1, 0.15) is 0 Å². The lowest BCUT2D eigenvalue weighted by Crippen LogP contribution is -2.19. The molecule has 18 heavy (non-hydrogen) atoms. The number of hydrogen-bond donors (Lipinski definition) is 1. The summed E-state index contributed by atoms with van der Waals surface area (Å²) in [6.07, 6.45) is 1.01. The van der Waals surface area contributed by atoms with Gasteiger partial charge in [-0.1, -0.05) is 33.6 Å². The predicted molar refractivity (Wildman–Crippen MR) is 86.4 cm³/mol. The zero-order chi connectivity index (χ0) is 13.1. The molecule has 2 aromatic rings. The van der Waals surface area contributed by atoms with Gasteiger partial charge in [-0.2, -0.15) is 0 Å². The Kier molecular flexibility index (Phi) is 5.01. The molecular formula is C14H15Br2NS. The molecule has 0 saturated heterocycles. The second-order valence-corrected chi connectivity index (χ2v) is 7.07. The fourth-order valence-corrected chi connectivity index (χ4v) is 3.98. The number of benzene rings is 1. The molecule has 1 heterocycles. The van der Waals surface area contributed by atoms with Gasteiger partial charge in [-0.3, -0.25) is 0 Å². The first-order valence-electron chi connectivity index (χ1n) is 5.76. The van der Waals surface area contributed by atoms with Crippen molar-refractivity contribution in [1.82, 2.24) is 5.32 Å². The first-order chi connectivity index (χ1) is 8.60. The van der Waals surface area contributed by atoms with Crippen molar-refractivity contribution in [2.45, 2.75) is 19.4 Å². The van der Waals surface area contributed by atoms with E-state index in [1.165, 1.54) is 24.9 Å². The molecule has 1 N–H and O–H groups in total. The van der Waals surface area contributed by atoms with Crippen LogP contribution in [-0.4, -0.2) is 7.05 Å². The Balaban J connectivity index is 2.25. The van der Waals surface area contributed by atoms with Crippen molar-refractivity contribution >= 4 is 43.2 Å². The third kappa shape index (κ3) is 3.44. The third-order valence-corrected chi connectivity index (χ3v) is 5.34. The van der Waals surface area contributed by atoms with Crippen molar-refractivity contribution in [2.24, 2.45) is 0 Å². The molecule has 1 nitrogen and oxygen atoms in total. The van der Waals surface area contributed by atoms with E-state index in [2.05, 4.69) is 73.7 Å². The van der Waals surface area contributed by atoms with Gasteiger partial charge >= 0.3 is 0 Å². The summed E-state index contributed by atoms with van der Waals surface area (Å²) in [6.45, 7) is 2.13. The summed E-state index contributed by atoms with van der Waals surface area (Å²) in [5, 5.41) is 5.54. The molecule has 1 aromatic carbocycles. The number of thiophene rings is 1. The molecule has 1 atom stereocenters. The van der Waals surface area contributed by atoms with Crippen molar-refractivity contribution in [2.75, 3.05) is 7.05 Å². The monoisotopic (exact) mass is 387 g/mol. The van der Waals surface area contributed by atoms with Crippen molar-refractivity contribution in [3.8, 4) is 0 Å². The van der Waals surface area contributed by atoms with Gasteiger partial charge in [-0.05, 0) is 47.6 Å². The van der Waals surface area contributed by atoms with Crippen molar-refractivity contribution in [3.63, 3.8) is 0 Å². The largest absolute Gasteiger partial charge is 0.313 e. The van der Waals surface area contributed by atoms with E-state index < -0.39 is 0 Å². The molecule has 0 fully saturated rings. The Morgan fingerprint density at radius 1 is 1.28 bits per heavy atom. The minimum atomic E-state index is 0.338. The van der Waals surface area contributed by atoms with Crippen LogP contribution in [0.5, 0.6) is 0 Å². The van der Waals surface area contributed by atoms with Crippen LogP contribution in [0.4, 0.5) is 0 Å². The number of halogens is 2. The molecule has 1 aromatic heterocycles. The highest BCUT2D eigenvalue weighted by Gasteiger charge is 2.14. The average molecular weight is 389 g/mol. The van der Waals surface area contributed by atoms with Gasteiger partial charge < -0.3 is 5.32 Å². The molecule has 0 radical (unpaired) electrons. The number of likely N-dealkylation sites (N-methyl/N-ethyl adjacent to an activating group) is 1. The fraction of sp³-hybridized carbons (Fsp3) is 0.286. The zero-order valence-corrected chi connectivity index (χ0v) is 14.3. The van der Waals surface area contributed by atoms with Crippen LogP contribution in [0.15, 0.2) is 38.6 Å². The van der Waals surface area contributed by atoms with Gasteiger partial charge in [0, 0.05) is 31.7 Å². The highest BCUT2D eigenvalue weighted by Crippen LogP contribution is 2.29. The SMILES string of the molecule is CNC(Cc1cc(Br)cs1)c1cc(C)ccc1Br. The quantitative estimate of drug-likeness (QED) is 0.769. The maximum absolute atomic E-state index is 3.64. The molecule has 0 amide bonds. The maximum Gasteiger partial charge on any atom is 0.0377 e. The van der Waals surface area contributed by atoms with Crippen molar-refractivity contribution in [1.29, 1.82) is 0 Å². The maximum atomic E-state index is 3.64. The fourth-order valence-electron chi connectivity index (χ4n) is 1.96. The highest BCUT2D eigenvalue weighted by molar-refractivity contribution is 9.10. The number of nitrogens with one attached hydrogen (secondary N) is 1. The first-order valence-corrected chi connectivity index (χ1v) is 8.23. The molecule has 1 unspecified atom stereocenters. The van der Waals surface area contributed by atoms with Crippen LogP contribution in [0.25, 0.3) is 0 Å². The Morgan fingerprint density at radius 2 is 2.06 bits per heavy atom. The number of aryl methyl sites for hydroxylation is 1. The Hall–Kier alpha value is -0.160. The molecule has 0 bridgehead atoms. The normalized spacial score (nSPS) is 12.7. The van der Waals surface area contributed by atoms with E-state index in [1.807, 2.05) is 7.05 Å². The summed E-state index contributed by atoms with van der Waals surface area (Å²) in [5.74, 6) is 0. The van der Waals surface area contributed by atoms with Crippen LogP contribution in [-0.2, 0) is 6.42 Å². The summed E-state index contributed by atoms with van der Waals surface area (Å²) in [5.41, 5.74) is 2.61. The van der Waals surface area contributed by atoms with Gasteiger partial charge in [-0.15, -0.1) is 11.3 Å². The van der Waals surface area contributed by atoms with Crippen molar-refractivity contribution in [3.05, 3.63) is 54.6 Å². The van der Waals surface area contributed by atoms with E-state index in [0.717, 1.165) is 6.42 Å². The topological polar surface area (TPSA) is 12.0 Å². The van der Waals surface area contributed by atoms with E-state index in [9.17, 15) is 0 Å². The zero-order valence-electron chi connectivity index (χ0n) is 10.3. The molecule has 0 saturated carbocycles. The smallest absolute Gasteiger partial charge is 0.0377 e. The van der Waals surface area contributed by atoms with E-state index in [1.54, 1.807) is 11.3 Å². The van der Waals surface area contributed by atoms with E-state index in [0.29, 0.717) is 6.04 Å². The Bertz CT molecular complexity index is 536. The standard InChI is InChI=1S/C14H15Br2NS/c1-9-3-4-13(16)12(5-9)14(17-2)7-11-6-10(15)8-18-11/h3-6,8,14,17H,7H2,1-2H3. The van der Waals surface area contributed by atoms with Gasteiger partial charge in [0.05, 0.1) is 0 Å². The van der Waals surface area contributed by atoms with Crippen molar-refractivity contribution < 1.29 is 0 Å². The second-order valence-electron chi connectivity index (χ2n) is 4.30. The lowest BCUT2D eigenvalue weighted by atomic mass is 10.0. The van der Waals surface area contributed by atoms with Gasteiger partial charge in [0.2, 0.25) is 0 Å². The number of rotatable bonds is 4. The Morgan fingerprint density at radius 3 is 2.67 bits per heavy atom. The molecular weight excluding hydrogens is 374 g/mol. The highest BCUT2D eigenvalue weighted by atomic mass is 79.9. The van der Waals surface area contributed by atoms with Crippen LogP contribution >= 0.6 is 43.2 Å². The summed E-state index contributed by atoms with van der Waals surface area (Å²) in [4.78, 5) is 1.38. The lowest BCUT2D eigenvalue weighted by Gasteiger charge is -2.18. The first kappa shape index (κ1) is 14.3. The van der Waals surface area contributed by atoms with Crippen LogP contribution in [0.3, 0.4) is 0 Å². The van der Waals surface area contributed by atoms with Crippen LogP contribution in [0, 0.1) is 6.92 Å². The average Bonchev–Trinajstić information content (AvgIpc) is 2.75. The summed E-state index contributed by atoms with van der Waals surface area (Å²) in [7, 11) is 2.02. The minimum absolute atomic E-state index is 0.338. The van der Waals surface area contributed by atoms with Gasteiger partial charge in [-0.25, -0.2) is 0 Å². The predicted octanol–water partition coefficient (Wildman–Crippen LogP) is 5.08. The molecule has 96 valence electrons. The minimum Gasteiger partial charge on any atom is -0.313 e. The number of hydrogen-bond acceptors (Lipinski definition) is 2. The molecule has 2 rings (SSSR count). The van der Waals surface area contributed by atoms with Crippen LogP contribution in [0.2, 0.25) is 0 Å². The van der Waals surface area contributed by atoms with Gasteiger partial charge in [0.25, 0.3) is 0 Å².